The molecule has 4 nitrogen and oxygen atoms in total. The van der Waals surface area contributed by atoms with Crippen LogP contribution in [0.3, 0.4) is 0 Å². The Morgan fingerprint density at radius 3 is 2.27 bits per heavy atom. The number of hydrogen-bond acceptors (Lipinski definition) is 4. The minimum atomic E-state index is -0.125. The zero-order valence-corrected chi connectivity index (χ0v) is 21.9. The van der Waals surface area contributed by atoms with Gasteiger partial charge in [-0.05, 0) is 42.7 Å². The first-order chi connectivity index (χ1) is 15.1. The van der Waals surface area contributed by atoms with Crippen LogP contribution in [0.4, 0.5) is 0 Å². The number of fused-ring (bicyclic) bond motifs is 1. The van der Waals surface area contributed by atoms with Gasteiger partial charge in [-0.15, -0.1) is 35.9 Å². The maximum Gasteiger partial charge on any atom is 0.155 e. The van der Waals surface area contributed by atoms with Gasteiger partial charge < -0.3 is 14.5 Å². The number of aliphatic hydroxyl groups excluding tert-OH is 1. The van der Waals surface area contributed by atoms with Crippen molar-refractivity contribution in [1.29, 1.82) is 0 Å². The van der Waals surface area contributed by atoms with Gasteiger partial charge in [-0.2, -0.15) is 0 Å². The SMILES string of the molecule is CC(=O)/C=C(/C)O.CC(C)(C)c1ccc(-c2cc3cnc(-c4[c-]cccc4)cc3o2)cc1.[Ir]. The minimum Gasteiger partial charge on any atom is -0.512 e. The van der Waals surface area contributed by atoms with Gasteiger partial charge in [0.25, 0.3) is 0 Å². The van der Waals surface area contributed by atoms with Crippen molar-refractivity contribution in [2.24, 2.45) is 0 Å². The quantitative estimate of drug-likeness (QED) is 0.149. The number of carbonyl (C=O) groups is 1. The van der Waals surface area contributed by atoms with Gasteiger partial charge in [-0.25, -0.2) is 0 Å². The van der Waals surface area contributed by atoms with E-state index in [9.17, 15) is 4.79 Å². The Bertz CT molecular complexity index is 1230. The molecule has 0 saturated carbocycles. The fourth-order valence-electron chi connectivity index (χ4n) is 3.20. The molecule has 2 heterocycles. The molecule has 0 atom stereocenters. The molecule has 1 N–H and O–H groups in total. The summed E-state index contributed by atoms with van der Waals surface area (Å²) in [5.41, 5.74) is 5.23. The predicted molar refractivity (Wildman–Crippen MR) is 129 cm³/mol. The van der Waals surface area contributed by atoms with Crippen LogP contribution in [0.5, 0.6) is 0 Å². The number of hydrogen-bond donors (Lipinski definition) is 1. The topological polar surface area (TPSA) is 63.3 Å². The molecule has 0 aliphatic rings. The standard InChI is InChI=1S/C23H20NO.C5H8O2.Ir/c1-23(2,3)19-11-9-17(10-12-19)21-13-18-15-24-20(14-22(18)25-21)16-7-5-4-6-8-16;1-4(6)3-5(2)7;/h4-7,9-15H,1-3H3;3,6H,1-2H3;/q-1;;/b;4-3-;. The molecule has 0 amide bonds. The number of nitrogens with zero attached hydrogens (tertiary/aromatic N) is 1. The normalized spacial score (nSPS) is 11.4. The average molecular weight is 619 g/mol. The summed E-state index contributed by atoms with van der Waals surface area (Å²) in [7, 11) is 0. The van der Waals surface area contributed by atoms with E-state index in [2.05, 4.69) is 56.1 Å². The molecule has 0 fully saturated rings. The molecular formula is C28H28IrNO3-. The van der Waals surface area contributed by atoms with Gasteiger partial charge in [-0.1, -0.05) is 45.0 Å². The number of benzene rings is 2. The van der Waals surface area contributed by atoms with E-state index in [-0.39, 0.29) is 37.1 Å². The Morgan fingerprint density at radius 1 is 1.06 bits per heavy atom. The summed E-state index contributed by atoms with van der Waals surface area (Å²) in [6.07, 6.45) is 3.03. The first kappa shape index (κ1) is 26.2. The van der Waals surface area contributed by atoms with Gasteiger partial charge >= 0.3 is 0 Å². The molecule has 0 aliphatic carbocycles. The van der Waals surface area contributed by atoms with Crippen LogP contribution in [-0.4, -0.2) is 15.9 Å². The Labute approximate surface area is 208 Å². The second kappa shape index (κ2) is 11.2. The molecule has 0 bridgehead atoms. The van der Waals surface area contributed by atoms with Crippen molar-refractivity contribution in [2.75, 3.05) is 0 Å². The molecule has 2 aromatic heterocycles. The zero-order valence-electron chi connectivity index (χ0n) is 19.5. The van der Waals surface area contributed by atoms with E-state index in [0.29, 0.717) is 0 Å². The smallest absolute Gasteiger partial charge is 0.155 e. The molecule has 0 spiro atoms. The molecule has 4 rings (SSSR count). The monoisotopic (exact) mass is 619 g/mol. The van der Waals surface area contributed by atoms with Gasteiger partial charge in [-0.3, -0.25) is 4.79 Å². The van der Waals surface area contributed by atoms with Crippen LogP contribution in [0.1, 0.15) is 40.2 Å². The van der Waals surface area contributed by atoms with Gasteiger partial charge in [0.15, 0.2) is 5.78 Å². The van der Waals surface area contributed by atoms with Crippen LogP contribution < -0.4 is 0 Å². The van der Waals surface area contributed by atoms with E-state index in [1.165, 1.54) is 25.5 Å². The van der Waals surface area contributed by atoms with E-state index >= 15 is 0 Å². The van der Waals surface area contributed by atoms with Crippen molar-refractivity contribution in [3.63, 3.8) is 0 Å². The summed E-state index contributed by atoms with van der Waals surface area (Å²) in [5, 5.41) is 9.37. The second-order valence-corrected chi connectivity index (χ2v) is 8.72. The fraction of sp³-hybridized carbons (Fsp3) is 0.214. The molecule has 4 aromatic rings. The number of furan rings is 1. The van der Waals surface area contributed by atoms with Crippen LogP contribution >= 0.6 is 0 Å². The van der Waals surface area contributed by atoms with Crippen molar-refractivity contribution in [3.05, 3.63) is 90.3 Å². The summed E-state index contributed by atoms with van der Waals surface area (Å²) >= 11 is 0. The number of carbonyl (C=O) groups excluding carboxylic acids is 1. The summed E-state index contributed by atoms with van der Waals surface area (Å²) < 4.78 is 6.09. The predicted octanol–water partition coefficient (Wildman–Crippen LogP) is 7.29. The third-order valence-electron chi connectivity index (χ3n) is 4.83. The second-order valence-electron chi connectivity index (χ2n) is 8.72. The first-order valence-electron chi connectivity index (χ1n) is 10.5. The third kappa shape index (κ3) is 7.24. The molecule has 173 valence electrons. The van der Waals surface area contributed by atoms with Crippen molar-refractivity contribution < 1.29 is 34.4 Å². The van der Waals surface area contributed by atoms with E-state index in [1.54, 1.807) is 0 Å². The van der Waals surface area contributed by atoms with Crippen LogP contribution in [0, 0.1) is 6.07 Å². The van der Waals surface area contributed by atoms with Gasteiger partial charge in [0.1, 0.15) is 11.3 Å². The van der Waals surface area contributed by atoms with E-state index < -0.39 is 0 Å². The van der Waals surface area contributed by atoms with Gasteiger partial charge in [0.2, 0.25) is 0 Å². The van der Waals surface area contributed by atoms with Crippen LogP contribution in [0.2, 0.25) is 0 Å². The van der Waals surface area contributed by atoms with E-state index in [0.717, 1.165) is 33.6 Å². The van der Waals surface area contributed by atoms with Crippen molar-refractivity contribution in [1.82, 2.24) is 4.98 Å². The van der Waals surface area contributed by atoms with Gasteiger partial charge in [0, 0.05) is 43.3 Å². The summed E-state index contributed by atoms with van der Waals surface area (Å²) in [4.78, 5) is 14.6. The number of aliphatic hydroxyl groups is 1. The van der Waals surface area contributed by atoms with E-state index in [1.807, 2.05) is 42.6 Å². The van der Waals surface area contributed by atoms with Crippen molar-refractivity contribution in [3.8, 4) is 22.6 Å². The Balaban J connectivity index is 0.000000423. The number of ketones is 1. The number of pyridine rings is 1. The summed E-state index contributed by atoms with van der Waals surface area (Å²) in [5.74, 6) is 0.805. The molecule has 0 unspecified atom stereocenters. The summed E-state index contributed by atoms with van der Waals surface area (Å²) in [6, 6.07) is 23.7. The largest absolute Gasteiger partial charge is 0.512 e. The molecular weight excluding hydrogens is 591 g/mol. The molecule has 33 heavy (non-hydrogen) atoms. The van der Waals surface area contributed by atoms with Crippen LogP contribution in [-0.2, 0) is 30.3 Å². The minimum absolute atomic E-state index is 0. The molecule has 5 heteroatoms. The molecule has 0 aliphatic heterocycles. The number of rotatable bonds is 3. The molecule has 2 aromatic carbocycles. The zero-order chi connectivity index (χ0) is 23.3. The van der Waals surface area contributed by atoms with Crippen LogP contribution in [0.15, 0.2) is 83.1 Å². The number of allylic oxidation sites excluding steroid dienone is 2. The van der Waals surface area contributed by atoms with Crippen LogP contribution in [0.25, 0.3) is 33.6 Å². The average Bonchev–Trinajstić information content (AvgIpc) is 3.17. The molecule has 0 saturated heterocycles. The fourth-order valence-corrected chi connectivity index (χ4v) is 3.20. The van der Waals surface area contributed by atoms with Crippen molar-refractivity contribution in [2.45, 2.75) is 40.0 Å². The maximum absolute atomic E-state index is 10.0. The first-order valence-corrected chi connectivity index (χ1v) is 10.5. The Hall–Kier alpha value is -3.01. The number of aromatic nitrogens is 1. The third-order valence-corrected chi connectivity index (χ3v) is 4.83. The Morgan fingerprint density at radius 2 is 1.76 bits per heavy atom. The molecule has 1 radical (unpaired) electrons. The van der Waals surface area contributed by atoms with Gasteiger partial charge in [0.05, 0.1) is 5.76 Å². The maximum atomic E-state index is 10.0. The Kier molecular flexibility index (Phi) is 8.92. The van der Waals surface area contributed by atoms with E-state index in [4.69, 9.17) is 9.52 Å². The summed E-state index contributed by atoms with van der Waals surface area (Å²) in [6.45, 7) is 9.51. The van der Waals surface area contributed by atoms with Crippen molar-refractivity contribution >= 4 is 16.8 Å².